The largest absolute Gasteiger partial charge is 0.331 e. The molecule has 0 unspecified atom stereocenters. The molecule has 0 bridgehead atoms. The Balaban J connectivity index is 1.85. The van der Waals surface area contributed by atoms with Crippen molar-refractivity contribution in [1.82, 2.24) is 10.9 Å². The quantitative estimate of drug-likeness (QED) is 0.556. The third kappa shape index (κ3) is 5.57. The van der Waals surface area contributed by atoms with Gasteiger partial charge in [-0.15, -0.1) is 0 Å². The molecule has 0 heterocycles. The number of amides is 1. The fourth-order valence-electron chi connectivity index (χ4n) is 2.32. The summed E-state index contributed by atoms with van der Waals surface area (Å²) in [7, 11) is 0. The van der Waals surface area contributed by atoms with Gasteiger partial charge in [0.1, 0.15) is 0 Å². The molecule has 2 aromatic rings. The minimum Gasteiger partial charge on any atom is -0.331 e. The van der Waals surface area contributed by atoms with Gasteiger partial charge in [-0.05, 0) is 59.4 Å². The maximum absolute atomic E-state index is 12.1. The van der Waals surface area contributed by atoms with Gasteiger partial charge in [-0.3, -0.25) is 15.6 Å². The lowest BCUT2D eigenvalue weighted by Gasteiger charge is -2.13. The van der Waals surface area contributed by atoms with Gasteiger partial charge in [0.05, 0.1) is 0 Å². The molecule has 0 aliphatic rings. The van der Waals surface area contributed by atoms with Crippen LogP contribution >= 0.6 is 12.2 Å². The first-order valence-electron chi connectivity index (χ1n) is 8.44. The number of hydrazine groups is 1. The van der Waals surface area contributed by atoms with Crippen LogP contribution in [0, 0.1) is 0 Å². The molecule has 0 saturated heterocycles. The van der Waals surface area contributed by atoms with E-state index in [4.69, 9.17) is 12.2 Å². The van der Waals surface area contributed by atoms with E-state index in [0.29, 0.717) is 22.5 Å². The molecule has 2 rings (SSSR count). The lowest BCUT2D eigenvalue weighted by atomic mass is 10.0. The highest BCUT2D eigenvalue weighted by Crippen LogP contribution is 2.17. The lowest BCUT2D eigenvalue weighted by Crippen LogP contribution is -2.43. The van der Waals surface area contributed by atoms with Gasteiger partial charge < -0.3 is 5.32 Å². The van der Waals surface area contributed by atoms with E-state index in [2.05, 4.69) is 56.0 Å². The fraction of sp³-hybridized carbons (Fsp3) is 0.300. The number of hydrogen-bond donors (Lipinski definition) is 3. The predicted molar refractivity (Wildman–Crippen MR) is 108 cm³/mol. The average molecular weight is 356 g/mol. The zero-order valence-corrected chi connectivity index (χ0v) is 15.9. The summed E-state index contributed by atoms with van der Waals surface area (Å²) in [6, 6.07) is 15.6. The number of hydrogen-bond acceptors (Lipinski definition) is 2. The van der Waals surface area contributed by atoms with Crippen molar-refractivity contribution in [2.24, 2.45) is 0 Å². The number of carbonyl (C=O) groups is 1. The van der Waals surface area contributed by atoms with E-state index in [-0.39, 0.29) is 5.91 Å². The molecule has 0 spiro atoms. The first-order chi connectivity index (χ1) is 11.9. The van der Waals surface area contributed by atoms with Crippen LogP contribution in [-0.2, 0) is 0 Å². The van der Waals surface area contributed by atoms with Crippen molar-refractivity contribution in [3.63, 3.8) is 0 Å². The Morgan fingerprint density at radius 2 is 1.28 bits per heavy atom. The van der Waals surface area contributed by atoms with Crippen LogP contribution in [0.15, 0.2) is 48.5 Å². The van der Waals surface area contributed by atoms with E-state index >= 15 is 0 Å². The molecular weight excluding hydrogens is 330 g/mol. The maximum Gasteiger partial charge on any atom is 0.269 e. The highest BCUT2D eigenvalue weighted by molar-refractivity contribution is 7.80. The Labute approximate surface area is 155 Å². The molecule has 0 atom stereocenters. The molecule has 3 N–H and O–H groups in total. The molecule has 0 saturated carbocycles. The summed E-state index contributed by atoms with van der Waals surface area (Å²) in [5.41, 5.74) is 9.25. The SMILES string of the molecule is CC(C)c1ccc(NC(=S)NNC(=O)c2ccc(C(C)C)cc2)cc1. The monoisotopic (exact) mass is 355 g/mol. The summed E-state index contributed by atoms with van der Waals surface area (Å²) in [5, 5.41) is 3.38. The highest BCUT2D eigenvalue weighted by atomic mass is 32.1. The van der Waals surface area contributed by atoms with Gasteiger partial charge in [0.2, 0.25) is 0 Å². The van der Waals surface area contributed by atoms with E-state index in [9.17, 15) is 4.79 Å². The fourth-order valence-corrected chi connectivity index (χ4v) is 2.49. The van der Waals surface area contributed by atoms with E-state index < -0.39 is 0 Å². The van der Waals surface area contributed by atoms with Gasteiger partial charge in [-0.2, -0.15) is 0 Å². The summed E-state index contributed by atoms with van der Waals surface area (Å²) in [4.78, 5) is 12.1. The second-order valence-corrected chi connectivity index (χ2v) is 6.99. The van der Waals surface area contributed by atoms with E-state index in [0.717, 1.165) is 5.69 Å². The number of anilines is 1. The van der Waals surface area contributed by atoms with Crippen LogP contribution in [0.25, 0.3) is 0 Å². The normalized spacial score (nSPS) is 10.6. The van der Waals surface area contributed by atoms with Crippen molar-refractivity contribution in [2.75, 3.05) is 5.32 Å². The smallest absolute Gasteiger partial charge is 0.269 e. The molecule has 1 amide bonds. The second kappa shape index (κ2) is 8.62. The third-order valence-corrected chi connectivity index (χ3v) is 4.17. The molecule has 0 radical (unpaired) electrons. The van der Waals surface area contributed by atoms with Crippen LogP contribution in [-0.4, -0.2) is 11.0 Å². The Kier molecular flexibility index (Phi) is 6.53. The zero-order valence-electron chi connectivity index (χ0n) is 15.1. The number of nitrogens with one attached hydrogen (secondary N) is 3. The summed E-state index contributed by atoms with van der Waals surface area (Å²) < 4.78 is 0. The Bertz CT molecular complexity index is 722. The molecule has 2 aromatic carbocycles. The van der Waals surface area contributed by atoms with Crippen LogP contribution in [0.3, 0.4) is 0 Å². The standard InChI is InChI=1S/C20H25N3OS/c1-13(2)15-5-7-17(8-6-15)19(24)22-23-20(25)21-18-11-9-16(10-12-18)14(3)4/h5-14H,1-4H3,(H,22,24)(H2,21,23,25). The van der Waals surface area contributed by atoms with E-state index in [1.807, 2.05) is 36.4 Å². The minimum atomic E-state index is -0.227. The number of thiocarbonyl (C=S) groups is 1. The summed E-state index contributed by atoms with van der Waals surface area (Å²) in [6.45, 7) is 8.54. The molecule has 5 heteroatoms. The Morgan fingerprint density at radius 1 is 0.800 bits per heavy atom. The van der Waals surface area contributed by atoms with Crippen molar-refractivity contribution in [2.45, 2.75) is 39.5 Å². The highest BCUT2D eigenvalue weighted by Gasteiger charge is 2.07. The van der Waals surface area contributed by atoms with Crippen LogP contribution < -0.4 is 16.2 Å². The molecular formula is C20H25N3OS. The van der Waals surface area contributed by atoms with Crippen molar-refractivity contribution >= 4 is 28.9 Å². The average Bonchev–Trinajstić information content (AvgIpc) is 2.60. The summed E-state index contributed by atoms with van der Waals surface area (Å²) >= 11 is 5.21. The van der Waals surface area contributed by atoms with Crippen molar-refractivity contribution in [3.8, 4) is 0 Å². The first-order valence-corrected chi connectivity index (χ1v) is 8.85. The topological polar surface area (TPSA) is 53.2 Å². The number of benzene rings is 2. The van der Waals surface area contributed by atoms with Crippen molar-refractivity contribution in [1.29, 1.82) is 0 Å². The van der Waals surface area contributed by atoms with E-state index in [1.54, 1.807) is 0 Å². The molecule has 25 heavy (non-hydrogen) atoms. The molecule has 132 valence electrons. The van der Waals surface area contributed by atoms with Crippen LogP contribution in [0.5, 0.6) is 0 Å². The zero-order chi connectivity index (χ0) is 18.4. The van der Waals surface area contributed by atoms with Gasteiger partial charge in [-0.1, -0.05) is 52.0 Å². The van der Waals surface area contributed by atoms with Crippen LogP contribution in [0.1, 0.15) is 61.0 Å². The molecule has 0 aromatic heterocycles. The summed E-state index contributed by atoms with van der Waals surface area (Å²) in [5.74, 6) is 0.698. The lowest BCUT2D eigenvalue weighted by molar-refractivity contribution is 0.0944. The van der Waals surface area contributed by atoms with Gasteiger partial charge in [0.15, 0.2) is 5.11 Å². The predicted octanol–water partition coefficient (Wildman–Crippen LogP) is 4.56. The van der Waals surface area contributed by atoms with Gasteiger partial charge in [-0.25, -0.2) is 0 Å². The van der Waals surface area contributed by atoms with E-state index in [1.165, 1.54) is 11.1 Å². The second-order valence-electron chi connectivity index (χ2n) is 6.59. The number of carbonyl (C=O) groups excluding carboxylic acids is 1. The molecule has 0 aliphatic carbocycles. The maximum atomic E-state index is 12.1. The van der Waals surface area contributed by atoms with Crippen molar-refractivity contribution < 1.29 is 4.79 Å². The molecule has 0 aliphatic heterocycles. The Morgan fingerprint density at radius 3 is 1.76 bits per heavy atom. The first kappa shape index (κ1) is 18.9. The third-order valence-electron chi connectivity index (χ3n) is 3.96. The van der Waals surface area contributed by atoms with Gasteiger partial charge in [0, 0.05) is 11.3 Å². The Hall–Kier alpha value is -2.40. The van der Waals surface area contributed by atoms with Crippen LogP contribution in [0.4, 0.5) is 5.69 Å². The van der Waals surface area contributed by atoms with Crippen LogP contribution in [0.2, 0.25) is 0 Å². The molecule has 0 fully saturated rings. The van der Waals surface area contributed by atoms with Crippen molar-refractivity contribution in [3.05, 3.63) is 65.2 Å². The summed E-state index contributed by atoms with van der Waals surface area (Å²) in [6.07, 6.45) is 0. The van der Waals surface area contributed by atoms with Gasteiger partial charge in [0.25, 0.3) is 5.91 Å². The van der Waals surface area contributed by atoms with Gasteiger partial charge >= 0.3 is 0 Å². The number of rotatable bonds is 4. The molecule has 4 nitrogen and oxygen atoms in total. The minimum absolute atomic E-state index is 0.227.